The van der Waals surface area contributed by atoms with Gasteiger partial charge in [0, 0.05) is 6.07 Å². The van der Waals surface area contributed by atoms with E-state index in [-0.39, 0.29) is 18.0 Å². The van der Waals surface area contributed by atoms with E-state index in [0.717, 1.165) is 11.8 Å². The van der Waals surface area contributed by atoms with Crippen molar-refractivity contribution in [2.24, 2.45) is 0 Å². The van der Waals surface area contributed by atoms with Crippen LogP contribution >= 0.6 is 11.8 Å². The number of nitrogens with zero attached hydrogens (tertiary/aromatic N) is 1. The molecule has 176 valence electrons. The summed E-state index contributed by atoms with van der Waals surface area (Å²) in [5.41, 5.74) is 0.758. The Kier molecular flexibility index (Phi) is 8.78. The van der Waals surface area contributed by atoms with Crippen LogP contribution in [0, 0.1) is 10.1 Å². The van der Waals surface area contributed by atoms with Crippen LogP contribution in [-0.2, 0) is 9.53 Å². The van der Waals surface area contributed by atoms with Gasteiger partial charge in [0.25, 0.3) is 5.69 Å². The van der Waals surface area contributed by atoms with Gasteiger partial charge in [-0.25, -0.2) is 9.59 Å². The summed E-state index contributed by atoms with van der Waals surface area (Å²) < 4.78 is 10.5. The van der Waals surface area contributed by atoms with Gasteiger partial charge in [0.2, 0.25) is 0 Å². The third-order valence-electron chi connectivity index (χ3n) is 4.72. The second-order valence-electron chi connectivity index (χ2n) is 7.20. The summed E-state index contributed by atoms with van der Waals surface area (Å²) in [6, 6.07) is 20.8. The van der Waals surface area contributed by atoms with Crippen molar-refractivity contribution < 1.29 is 29.1 Å². The maximum Gasteiger partial charge on any atom is 0.343 e. The molecule has 2 atom stereocenters. The first-order valence-corrected chi connectivity index (χ1v) is 11.4. The minimum atomic E-state index is -1.57. The molecule has 0 saturated heterocycles. The summed E-state index contributed by atoms with van der Waals surface area (Å²) in [6.07, 6.45) is -0.990. The topological polar surface area (TPSA) is 116 Å². The number of rotatable bonds is 10. The maximum absolute atomic E-state index is 12.4. The van der Waals surface area contributed by atoms with Crippen molar-refractivity contribution >= 4 is 29.4 Å². The van der Waals surface area contributed by atoms with Gasteiger partial charge in [0.15, 0.2) is 6.10 Å². The highest BCUT2D eigenvalue weighted by molar-refractivity contribution is 7.99. The summed E-state index contributed by atoms with van der Waals surface area (Å²) in [5.74, 6) is -1.07. The van der Waals surface area contributed by atoms with Crippen LogP contribution in [0.2, 0.25) is 0 Å². The molecule has 3 aromatic carbocycles. The Morgan fingerprint density at radius 3 is 2.29 bits per heavy atom. The first-order valence-electron chi connectivity index (χ1n) is 10.5. The number of ether oxygens (including phenoxy) is 2. The molecule has 0 spiro atoms. The number of nitro groups is 1. The van der Waals surface area contributed by atoms with Crippen molar-refractivity contribution in [3.8, 4) is 5.75 Å². The maximum atomic E-state index is 12.4. The van der Waals surface area contributed by atoms with Gasteiger partial charge in [-0.3, -0.25) is 10.1 Å². The zero-order valence-electron chi connectivity index (χ0n) is 18.3. The molecule has 0 aliphatic rings. The number of hydrogen-bond acceptors (Lipinski definition) is 8. The molecule has 0 saturated carbocycles. The van der Waals surface area contributed by atoms with Crippen LogP contribution in [0.15, 0.2) is 83.8 Å². The van der Waals surface area contributed by atoms with Gasteiger partial charge in [0.05, 0.1) is 27.2 Å². The molecule has 0 amide bonds. The van der Waals surface area contributed by atoms with Crippen molar-refractivity contribution in [1.82, 2.24) is 0 Å². The molecule has 3 rings (SSSR count). The lowest BCUT2D eigenvalue weighted by Gasteiger charge is -2.22. The fourth-order valence-electron chi connectivity index (χ4n) is 3.04. The van der Waals surface area contributed by atoms with Crippen LogP contribution < -0.4 is 4.74 Å². The van der Waals surface area contributed by atoms with Gasteiger partial charge in [-0.2, -0.15) is 0 Å². The van der Waals surface area contributed by atoms with Gasteiger partial charge >= 0.3 is 11.9 Å². The molecule has 0 aliphatic carbocycles. The standard InChI is InChI=1S/C25H23NO7S/c1-2-16-32-25(29)22(27)23(34-21-11-7-6-10-20(21)26(30)31)17-12-14-19(15-13-17)33-24(28)18-8-4-3-5-9-18/h3-15,22-23,27H,2,16H2,1H3. The van der Waals surface area contributed by atoms with Gasteiger partial charge < -0.3 is 14.6 Å². The highest BCUT2D eigenvalue weighted by atomic mass is 32.2. The van der Waals surface area contributed by atoms with Crippen LogP contribution in [0.5, 0.6) is 5.75 Å². The molecular weight excluding hydrogens is 458 g/mol. The van der Waals surface area contributed by atoms with E-state index in [9.17, 15) is 24.8 Å². The van der Waals surface area contributed by atoms with E-state index in [1.54, 1.807) is 60.7 Å². The van der Waals surface area contributed by atoms with E-state index in [4.69, 9.17) is 9.47 Å². The lowest BCUT2D eigenvalue weighted by molar-refractivity contribution is -0.387. The number of nitro benzene ring substituents is 1. The lowest BCUT2D eigenvalue weighted by Crippen LogP contribution is -2.28. The van der Waals surface area contributed by atoms with E-state index in [1.807, 2.05) is 6.92 Å². The average molecular weight is 482 g/mol. The van der Waals surface area contributed by atoms with Crippen LogP contribution in [0.25, 0.3) is 0 Å². The fraction of sp³-hybridized carbons (Fsp3) is 0.200. The second-order valence-corrected chi connectivity index (χ2v) is 8.38. The Morgan fingerprint density at radius 2 is 1.65 bits per heavy atom. The molecule has 0 bridgehead atoms. The molecule has 1 N–H and O–H groups in total. The number of benzene rings is 3. The molecule has 0 aliphatic heterocycles. The van der Waals surface area contributed by atoms with Crippen LogP contribution in [0.1, 0.15) is 34.5 Å². The van der Waals surface area contributed by atoms with E-state index in [0.29, 0.717) is 22.4 Å². The van der Waals surface area contributed by atoms with Crippen molar-refractivity contribution in [2.45, 2.75) is 29.6 Å². The van der Waals surface area contributed by atoms with Crippen molar-refractivity contribution in [2.75, 3.05) is 6.61 Å². The molecule has 34 heavy (non-hydrogen) atoms. The summed E-state index contributed by atoms with van der Waals surface area (Å²) in [5, 5.41) is 21.3. The van der Waals surface area contributed by atoms with Crippen molar-refractivity contribution in [3.05, 3.63) is 100 Å². The minimum absolute atomic E-state index is 0.139. The molecule has 0 aromatic heterocycles. The predicted octanol–water partition coefficient (Wildman–Crippen LogP) is 4.96. The number of carbonyl (C=O) groups is 2. The first kappa shape index (κ1) is 24.9. The van der Waals surface area contributed by atoms with Gasteiger partial charge in [-0.05, 0) is 42.3 Å². The van der Waals surface area contributed by atoms with E-state index < -0.39 is 28.2 Å². The summed E-state index contributed by atoms with van der Waals surface area (Å²) in [6.45, 7) is 1.97. The Bertz CT molecular complexity index is 1140. The Labute approximate surface area is 200 Å². The Hall–Kier alpha value is -3.69. The minimum Gasteiger partial charge on any atom is -0.464 e. The SMILES string of the molecule is CCCOC(=O)C(O)C(Sc1ccccc1[N+](=O)[O-])c1ccc(OC(=O)c2ccccc2)cc1. The molecule has 9 heteroatoms. The molecule has 8 nitrogen and oxygen atoms in total. The lowest BCUT2D eigenvalue weighted by atomic mass is 10.1. The van der Waals surface area contributed by atoms with Crippen LogP contribution in [0.3, 0.4) is 0 Å². The van der Waals surface area contributed by atoms with Gasteiger partial charge in [-0.1, -0.05) is 49.4 Å². The van der Waals surface area contributed by atoms with Crippen molar-refractivity contribution in [1.29, 1.82) is 0 Å². The number of thioether (sulfide) groups is 1. The number of esters is 2. The zero-order valence-corrected chi connectivity index (χ0v) is 19.1. The monoisotopic (exact) mass is 481 g/mol. The highest BCUT2D eigenvalue weighted by Crippen LogP contribution is 2.42. The van der Waals surface area contributed by atoms with Crippen LogP contribution in [-0.4, -0.2) is 34.7 Å². The summed E-state index contributed by atoms with van der Waals surface area (Å²) in [4.78, 5) is 35.9. The fourth-order valence-corrected chi connectivity index (χ4v) is 4.26. The number of para-hydroxylation sites is 1. The normalized spacial score (nSPS) is 12.4. The van der Waals surface area contributed by atoms with E-state index in [1.165, 1.54) is 18.2 Å². The largest absolute Gasteiger partial charge is 0.464 e. The molecule has 3 aromatic rings. The predicted molar refractivity (Wildman–Crippen MR) is 127 cm³/mol. The third-order valence-corrected chi connectivity index (χ3v) is 6.10. The third kappa shape index (κ3) is 6.43. The highest BCUT2D eigenvalue weighted by Gasteiger charge is 2.32. The quantitative estimate of drug-likeness (QED) is 0.142. The van der Waals surface area contributed by atoms with E-state index in [2.05, 4.69) is 0 Å². The molecule has 0 fully saturated rings. The smallest absolute Gasteiger partial charge is 0.343 e. The van der Waals surface area contributed by atoms with Crippen molar-refractivity contribution in [3.63, 3.8) is 0 Å². The molecule has 0 heterocycles. The average Bonchev–Trinajstić information content (AvgIpc) is 2.86. The number of aliphatic hydroxyl groups is 1. The summed E-state index contributed by atoms with van der Waals surface area (Å²) >= 11 is 0.983. The molecular formula is C25H23NO7S. The van der Waals surface area contributed by atoms with Crippen LogP contribution in [0.4, 0.5) is 5.69 Å². The second kappa shape index (κ2) is 12.0. The Balaban J connectivity index is 1.86. The van der Waals surface area contributed by atoms with E-state index >= 15 is 0 Å². The number of carbonyl (C=O) groups excluding carboxylic acids is 2. The number of aliphatic hydroxyl groups excluding tert-OH is 1. The van der Waals surface area contributed by atoms with Gasteiger partial charge in [-0.15, -0.1) is 11.8 Å². The first-order chi connectivity index (χ1) is 16.4. The molecule has 0 radical (unpaired) electrons. The number of hydrogen-bond donors (Lipinski definition) is 1. The van der Waals surface area contributed by atoms with Gasteiger partial charge in [0.1, 0.15) is 5.75 Å². The Morgan fingerprint density at radius 1 is 1.00 bits per heavy atom. The molecule has 2 unspecified atom stereocenters. The zero-order chi connectivity index (χ0) is 24.5. The summed E-state index contributed by atoms with van der Waals surface area (Å²) in [7, 11) is 0.